The number of benzene rings is 5. The Bertz CT molecular complexity index is 2510. The fraction of sp³-hybridized carbons (Fsp3) is 0.312. The lowest BCUT2D eigenvalue weighted by Gasteiger charge is -2.46. The molecule has 7 rings (SSSR count). The van der Waals surface area contributed by atoms with E-state index in [1.54, 1.807) is 5.69 Å². The SMILES string of the molecule is FC(F)(F)c1cc([B-](c2cc(C(F)(F)F)cc(C(F)(F)F)c2)(c2cc(C(F)(F)F)cc(C(F)(F)F)c2)c2cc(C(F)(F)F)cc(C(F)(F)F)c2)cc(C(F)(F)F)c1.c1ccc(C[n+]2cscc2C2CCCCC2)cc1. The lowest BCUT2D eigenvalue weighted by molar-refractivity contribution is -0.692. The number of nitrogens with zero attached hydrogens (tertiary/aromatic N) is 1. The number of halogens is 24. The van der Waals surface area contributed by atoms with Gasteiger partial charge in [-0.1, -0.05) is 109 Å². The molecule has 0 aliphatic heterocycles. The standard InChI is InChI=1S/C32H12BF24.C16H20NS/c34-25(35,36)13-1-14(26(37,38)39)6-21(5-13)33(22-7-15(27(40,41)42)2-16(8-22)28(43,44)45,23-9-17(29(46,47)48)3-18(10-23)30(49,50)51)24-11-19(31(52,53)54)4-20(12-24)32(55,56)57;1-3-7-14(8-4-1)11-17-13-18-12-16(17)15-9-5-2-6-10-15/h1-12H;1,3-4,7-8,12-13,15H,2,5-6,9-11H2/q-1;+1. The topological polar surface area (TPSA) is 3.88 Å². The van der Waals surface area contributed by atoms with Crippen LogP contribution in [0.4, 0.5) is 105 Å². The van der Waals surface area contributed by atoms with Crippen LogP contribution >= 0.6 is 11.3 Å². The molecule has 0 unspecified atom stereocenters. The Morgan fingerprint density at radius 2 is 0.640 bits per heavy atom. The van der Waals surface area contributed by atoms with Gasteiger partial charge in [0.15, 0.2) is 12.2 Å². The average molecular weight is 1120 g/mol. The van der Waals surface area contributed by atoms with Gasteiger partial charge in [-0.2, -0.15) is 132 Å². The molecule has 0 N–H and O–H groups in total. The van der Waals surface area contributed by atoms with Crippen LogP contribution in [0.3, 0.4) is 0 Å². The first-order valence-electron chi connectivity index (χ1n) is 21.5. The fourth-order valence-corrected chi connectivity index (χ4v) is 9.88. The molecule has 0 amide bonds. The van der Waals surface area contributed by atoms with Crippen molar-refractivity contribution in [2.24, 2.45) is 0 Å². The van der Waals surface area contributed by atoms with Crippen molar-refractivity contribution in [1.82, 2.24) is 0 Å². The molecule has 1 aliphatic rings. The summed E-state index contributed by atoms with van der Waals surface area (Å²) in [7, 11) is 0. The maximum Gasteiger partial charge on any atom is 0.416 e. The van der Waals surface area contributed by atoms with Crippen molar-refractivity contribution in [3.63, 3.8) is 0 Å². The molecule has 0 atom stereocenters. The van der Waals surface area contributed by atoms with Gasteiger partial charge in [-0.3, -0.25) is 0 Å². The van der Waals surface area contributed by atoms with Crippen molar-refractivity contribution < 1.29 is 110 Å². The second-order valence-electron chi connectivity index (χ2n) is 17.5. The highest BCUT2D eigenvalue weighted by Gasteiger charge is 2.47. The van der Waals surface area contributed by atoms with Crippen molar-refractivity contribution >= 4 is 39.3 Å². The second-order valence-corrected chi connectivity index (χ2v) is 18.2. The number of rotatable bonds is 7. The minimum absolute atomic E-state index is 0.691. The van der Waals surface area contributed by atoms with Crippen LogP contribution in [0, 0.1) is 0 Å². The molecule has 1 aliphatic carbocycles. The van der Waals surface area contributed by atoms with Gasteiger partial charge >= 0.3 is 49.4 Å². The third-order valence-electron chi connectivity index (χ3n) is 12.4. The highest BCUT2D eigenvalue weighted by molar-refractivity contribution is 7.20. The molecular weight excluding hydrogens is 1090 g/mol. The van der Waals surface area contributed by atoms with Crippen LogP contribution in [0.15, 0.2) is 114 Å². The molecule has 0 saturated heterocycles. The predicted molar refractivity (Wildman–Crippen MR) is 226 cm³/mol. The Labute approximate surface area is 412 Å². The van der Waals surface area contributed by atoms with Crippen LogP contribution in [0.1, 0.15) is 93.8 Å². The first kappa shape index (κ1) is 58.4. The van der Waals surface area contributed by atoms with Gasteiger partial charge in [0.05, 0.1) is 49.9 Å². The van der Waals surface area contributed by atoms with E-state index < -0.39 is 195 Å². The van der Waals surface area contributed by atoms with Crippen LogP contribution in [0.5, 0.6) is 0 Å². The predicted octanol–water partition coefficient (Wildman–Crippen LogP) is 15.3. The highest BCUT2D eigenvalue weighted by atomic mass is 32.1. The first-order chi connectivity index (χ1) is 34.2. The zero-order chi connectivity index (χ0) is 56.1. The Balaban J connectivity index is 0.000000421. The molecule has 1 aromatic heterocycles. The molecule has 0 radical (unpaired) electrons. The maximum absolute atomic E-state index is 14.2. The Hall–Kier alpha value is -5.89. The summed E-state index contributed by atoms with van der Waals surface area (Å²) in [6, 6.07) is 1.97. The van der Waals surface area contributed by atoms with Crippen LogP contribution in [0.2, 0.25) is 0 Å². The molecule has 406 valence electrons. The summed E-state index contributed by atoms with van der Waals surface area (Å²) < 4.78 is 343. The Morgan fingerprint density at radius 3 is 0.893 bits per heavy atom. The van der Waals surface area contributed by atoms with E-state index in [2.05, 4.69) is 45.8 Å². The summed E-state index contributed by atoms with van der Waals surface area (Å²) in [5, 5.41) is 2.36. The van der Waals surface area contributed by atoms with Crippen molar-refractivity contribution in [2.45, 2.75) is 94.0 Å². The number of thiazole rings is 1. The number of hydrogen-bond donors (Lipinski definition) is 0. The molecule has 1 nitrogen and oxygen atoms in total. The summed E-state index contributed by atoms with van der Waals surface area (Å²) in [6.07, 6.45) is -47.8. The van der Waals surface area contributed by atoms with E-state index in [4.69, 9.17) is 0 Å². The zero-order valence-corrected chi connectivity index (χ0v) is 38.1. The molecule has 5 aromatic carbocycles. The minimum Gasteiger partial charge on any atom is -0.194 e. The first-order valence-corrected chi connectivity index (χ1v) is 22.5. The Kier molecular flexibility index (Phi) is 16.0. The van der Waals surface area contributed by atoms with E-state index in [0.717, 1.165) is 12.5 Å². The van der Waals surface area contributed by atoms with Crippen molar-refractivity contribution in [3.05, 3.63) is 170 Å². The quantitative estimate of drug-likeness (QED) is 0.0852. The molecule has 0 bridgehead atoms. The normalized spacial score (nSPS) is 14.9. The lowest BCUT2D eigenvalue weighted by Crippen LogP contribution is -2.75. The van der Waals surface area contributed by atoms with Gasteiger partial charge in [0.1, 0.15) is 6.15 Å². The second kappa shape index (κ2) is 20.6. The summed E-state index contributed by atoms with van der Waals surface area (Å²) in [4.78, 5) is 0. The molecule has 1 saturated carbocycles. The molecular formula is C48H32BF24NS. The zero-order valence-electron chi connectivity index (χ0n) is 37.3. The van der Waals surface area contributed by atoms with Gasteiger partial charge in [0, 0.05) is 11.5 Å². The van der Waals surface area contributed by atoms with E-state index in [1.165, 1.54) is 37.7 Å². The van der Waals surface area contributed by atoms with Gasteiger partial charge in [-0.25, -0.2) is 0 Å². The third-order valence-corrected chi connectivity index (χ3v) is 13.1. The number of alkyl halides is 24. The summed E-state index contributed by atoms with van der Waals surface area (Å²) in [6.45, 7) is 1.02. The molecule has 6 aromatic rings. The number of aromatic nitrogens is 1. The van der Waals surface area contributed by atoms with Gasteiger partial charge < -0.3 is 0 Å². The van der Waals surface area contributed by atoms with E-state index in [1.807, 2.05) is 11.3 Å². The average Bonchev–Trinajstić information content (AvgIpc) is 3.75. The van der Waals surface area contributed by atoms with Crippen LogP contribution in [-0.2, 0) is 56.0 Å². The van der Waals surface area contributed by atoms with Crippen molar-refractivity contribution in [1.29, 1.82) is 0 Å². The third kappa shape index (κ3) is 13.6. The van der Waals surface area contributed by atoms with Gasteiger partial charge in [0.25, 0.3) is 0 Å². The summed E-state index contributed by atoms with van der Waals surface area (Å²) >= 11 is 1.84. The highest BCUT2D eigenvalue weighted by Crippen LogP contribution is 2.42. The van der Waals surface area contributed by atoms with E-state index in [-0.39, 0.29) is 0 Å². The Morgan fingerprint density at radius 1 is 0.373 bits per heavy atom. The lowest BCUT2D eigenvalue weighted by atomic mass is 9.12. The number of hydrogen-bond acceptors (Lipinski definition) is 1. The van der Waals surface area contributed by atoms with E-state index >= 15 is 0 Å². The van der Waals surface area contributed by atoms with Gasteiger partial charge in [-0.05, 0) is 37.1 Å². The largest absolute Gasteiger partial charge is 0.416 e. The van der Waals surface area contributed by atoms with Crippen molar-refractivity contribution in [2.75, 3.05) is 0 Å². The maximum atomic E-state index is 14.2. The summed E-state index contributed by atoms with van der Waals surface area (Å²) in [5.41, 5.74) is -25.0. The van der Waals surface area contributed by atoms with Gasteiger partial charge in [-0.15, -0.1) is 0 Å². The fourth-order valence-electron chi connectivity index (χ4n) is 9.01. The van der Waals surface area contributed by atoms with Gasteiger partial charge in [0.2, 0.25) is 5.51 Å². The molecule has 1 fully saturated rings. The van der Waals surface area contributed by atoms with Crippen molar-refractivity contribution in [3.8, 4) is 0 Å². The molecule has 27 heteroatoms. The summed E-state index contributed by atoms with van der Waals surface area (Å²) in [5.74, 6) is 0.800. The van der Waals surface area contributed by atoms with Crippen LogP contribution in [-0.4, -0.2) is 6.15 Å². The van der Waals surface area contributed by atoms with E-state index in [9.17, 15) is 105 Å². The molecule has 75 heavy (non-hydrogen) atoms. The van der Waals surface area contributed by atoms with Crippen LogP contribution < -0.4 is 26.4 Å². The monoisotopic (exact) mass is 1120 g/mol. The van der Waals surface area contributed by atoms with Crippen LogP contribution in [0.25, 0.3) is 0 Å². The van der Waals surface area contributed by atoms with E-state index in [0.29, 0.717) is 0 Å². The molecule has 1 heterocycles. The smallest absolute Gasteiger partial charge is 0.194 e. The minimum atomic E-state index is -6.13. The molecule has 0 spiro atoms.